The van der Waals surface area contributed by atoms with Gasteiger partial charge in [-0.2, -0.15) is 0 Å². The fourth-order valence-corrected chi connectivity index (χ4v) is 1.25. The van der Waals surface area contributed by atoms with Crippen LogP contribution >= 0.6 is 0 Å². The highest BCUT2D eigenvalue weighted by Crippen LogP contribution is 2.07. The minimum absolute atomic E-state index is 0.161. The van der Waals surface area contributed by atoms with Crippen LogP contribution in [0.25, 0.3) is 10.9 Å². The quantitative estimate of drug-likeness (QED) is 0.501. The van der Waals surface area contributed by atoms with Crippen molar-refractivity contribution in [1.29, 1.82) is 0 Å². The normalized spacial score (nSPS) is 10.5. The Balaban J connectivity index is 2.79. The van der Waals surface area contributed by atoms with Gasteiger partial charge in [0, 0.05) is 0 Å². The maximum Gasteiger partial charge on any atom is 0.315 e. The standard InChI is InChI=1S/C9H9N3O/c10-5-9-11-6-7-3-1-2-4-8(7)12(9)13/h1-4,6H,5,10H2. The van der Waals surface area contributed by atoms with Crippen molar-refractivity contribution in [1.82, 2.24) is 4.98 Å². The van der Waals surface area contributed by atoms with Crippen LogP contribution in [0, 0.1) is 5.21 Å². The maximum absolute atomic E-state index is 11.5. The second-order valence-electron chi connectivity index (χ2n) is 2.73. The van der Waals surface area contributed by atoms with Gasteiger partial charge < -0.3 is 10.9 Å². The number of para-hydroxylation sites is 1. The topological polar surface area (TPSA) is 65.8 Å². The van der Waals surface area contributed by atoms with Crippen molar-refractivity contribution < 1.29 is 4.73 Å². The summed E-state index contributed by atoms with van der Waals surface area (Å²) in [6.07, 6.45) is 1.66. The smallest absolute Gasteiger partial charge is 0.315 e. The zero-order chi connectivity index (χ0) is 9.26. The molecule has 0 aliphatic rings. The Morgan fingerprint density at radius 1 is 1.38 bits per heavy atom. The van der Waals surface area contributed by atoms with Crippen molar-refractivity contribution in [2.75, 3.05) is 0 Å². The highest BCUT2D eigenvalue weighted by Gasteiger charge is 2.07. The van der Waals surface area contributed by atoms with Crippen LogP contribution in [0.3, 0.4) is 0 Å². The molecule has 1 heterocycles. The Morgan fingerprint density at radius 2 is 2.15 bits per heavy atom. The molecule has 0 amide bonds. The van der Waals surface area contributed by atoms with Crippen molar-refractivity contribution in [3.8, 4) is 0 Å². The van der Waals surface area contributed by atoms with E-state index in [9.17, 15) is 5.21 Å². The minimum Gasteiger partial charge on any atom is -0.710 e. The predicted molar refractivity (Wildman–Crippen MR) is 48.6 cm³/mol. The van der Waals surface area contributed by atoms with Crippen LogP contribution in [-0.2, 0) is 6.54 Å². The maximum atomic E-state index is 11.5. The van der Waals surface area contributed by atoms with Crippen molar-refractivity contribution >= 4 is 10.9 Å². The average Bonchev–Trinajstić information content (AvgIpc) is 2.19. The molecule has 0 aliphatic carbocycles. The molecule has 0 spiro atoms. The number of hydrogen-bond donors (Lipinski definition) is 1. The fourth-order valence-electron chi connectivity index (χ4n) is 1.25. The Labute approximate surface area is 75.2 Å². The second kappa shape index (κ2) is 2.99. The molecular formula is C9H9N3O. The Kier molecular flexibility index (Phi) is 1.83. The van der Waals surface area contributed by atoms with Gasteiger partial charge in [-0.3, -0.25) is 0 Å². The van der Waals surface area contributed by atoms with Gasteiger partial charge in [-0.15, -0.1) is 0 Å². The van der Waals surface area contributed by atoms with Crippen LogP contribution in [0.4, 0.5) is 0 Å². The summed E-state index contributed by atoms with van der Waals surface area (Å²) in [4.78, 5) is 3.95. The van der Waals surface area contributed by atoms with E-state index in [2.05, 4.69) is 4.98 Å². The number of benzene rings is 1. The molecule has 1 aromatic carbocycles. The molecule has 0 unspecified atom stereocenters. The van der Waals surface area contributed by atoms with Crippen LogP contribution in [0.2, 0.25) is 0 Å². The third-order valence-electron chi connectivity index (χ3n) is 1.93. The summed E-state index contributed by atoms with van der Waals surface area (Å²) < 4.78 is 0.773. The van der Waals surface area contributed by atoms with E-state index in [0.29, 0.717) is 11.3 Å². The van der Waals surface area contributed by atoms with Crippen LogP contribution < -0.4 is 10.5 Å². The molecule has 0 saturated carbocycles. The molecule has 0 atom stereocenters. The first kappa shape index (κ1) is 7.94. The van der Waals surface area contributed by atoms with E-state index >= 15 is 0 Å². The van der Waals surface area contributed by atoms with E-state index < -0.39 is 0 Å². The minimum atomic E-state index is 0.161. The van der Waals surface area contributed by atoms with Gasteiger partial charge in [-0.25, -0.2) is 4.73 Å². The van der Waals surface area contributed by atoms with Crippen LogP contribution in [0.1, 0.15) is 5.82 Å². The fraction of sp³-hybridized carbons (Fsp3) is 0.111. The zero-order valence-corrected chi connectivity index (χ0v) is 6.97. The Hall–Kier alpha value is -1.68. The molecule has 0 saturated heterocycles. The van der Waals surface area contributed by atoms with Gasteiger partial charge in [-0.1, -0.05) is 17.1 Å². The number of aromatic nitrogens is 2. The number of rotatable bonds is 1. The summed E-state index contributed by atoms with van der Waals surface area (Å²) in [6.45, 7) is 0.161. The van der Waals surface area contributed by atoms with Crippen LogP contribution in [-0.4, -0.2) is 4.98 Å². The first-order valence-electron chi connectivity index (χ1n) is 3.99. The zero-order valence-electron chi connectivity index (χ0n) is 6.97. The highest BCUT2D eigenvalue weighted by atomic mass is 16.5. The number of fused-ring (bicyclic) bond motifs is 1. The van der Waals surface area contributed by atoms with Gasteiger partial charge in [0.2, 0.25) is 0 Å². The van der Waals surface area contributed by atoms with E-state index in [4.69, 9.17) is 5.73 Å². The molecule has 4 heteroatoms. The number of nitrogens with two attached hydrogens (primary N) is 1. The molecule has 2 rings (SSSR count). The summed E-state index contributed by atoms with van der Waals surface area (Å²) in [5, 5.41) is 12.4. The van der Waals surface area contributed by atoms with Crippen molar-refractivity contribution in [3.05, 3.63) is 41.5 Å². The van der Waals surface area contributed by atoms with Crippen molar-refractivity contribution in [2.45, 2.75) is 6.54 Å². The molecule has 66 valence electrons. The van der Waals surface area contributed by atoms with Gasteiger partial charge in [0.25, 0.3) is 0 Å². The van der Waals surface area contributed by atoms with Gasteiger partial charge >= 0.3 is 5.82 Å². The van der Waals surface area contributed by atoms with Crippen molar-refractivity contribution in [3.63, 3.8) is 0 Å². The lowest BCUT2D eigenvalue weighted by Crippen LogP contribution is -2.35. The molecule has 0 radical (unpaired) electrons. The molecule has 1 aromatic heterocycles. The van der Waals surface area contributed by atoms with Crippen molar-refractivity contribution in [2.24, 2.45) is 5.73 Å². The second-order valence-corrected chi connectivity index (χ2v) is 2.73. The van der Waals surface area contributed by atoms with E-state index in [0.717, 1.165) is 10.1 Å². The molecule has 0 bridgehead atoms. The highest BCUT2D eigenvalue weighted by molar-refractivity contribution is 5.74. The van der Waals surface area contributed by atoms with E-state index in [1.54, 1.807) is 12.3 Å². The molecule has 13 heavy (non-hydrogen) atoms. The van der Waals surface area contributed by atoms with E-state index in [1.165, 1.54) is 0 Å². The SMILES string of the molecule is NCc1ncc2ccccc2[n+]1[O-]. The first-order valence-corrected chi connectivity index (χ1v) is 3.99. The summed E-state index contributed by atoms with van der Waals surface area (Å²) >= 11 is 0. The molecule has 4 nitrogen and oxygen atoms in total. The monoisotopic (exact) mass is 175 g/mol. The average molecular weight is 175 g/mol. The predicted octanol–water partition coefficient (Wildman–Crippen LogP) is 0.327. The molecule has 0 fully saturated rings. The molecular weight excluding hydrogens is 166 g/mol. The first-order chi connectivity index (χ1) is 6.33. The third-order valence-corrected chi connectivity index (χ3v) is 1.93. The van der Waals surface area contributed by atoms with E-state index in [1.807, 2.05) is 18.2 Å². The molecule has 0 aliphatic heterocycles. The largest absolute Gasteiger partial charge is 0.710 e. The summed E-state index contributed by atoms with van der Waals surface area (Å²) in [7, 11) is 0. The number of nitrogens with zero attached hydrogens (tertiary/aromatic N) is 2. The van der Waals surface area contributed by atoms with Crippen LogP contribution in [0.15, 0.2) is 30.5 Å². The van der Waals surface area contributed by atoms with Gasteiger partial charge in [-0.05, 0) is 12.1 Å². The number of hydrogen-bond acceptors (Lipinski definition) is 3. The molecule has 2 aromatic rings. The van der Waals surface area contributed by atoms with Gasteiger partial charge in [0.15, 0.2) is 6.20 Å². The Bertz CT molecular complexity index is 442. The molecule has 2 N–H and O–H groups in total. The van der Waals surface area contributed by atoms with Gasteiger partial charge in [0.1, 0.15) is 12.1 Å². The summed E-state index contributed by atoms with van der Waals surface area (Å²) in [6, 6.07) is 7.28. The van der Waals surface area contributed by atoms with Crippen LogP contribution in [0.5, 0.6) is 0 Å². The lowest BCUT2D eigenvalue weighted by Gasteiger charge is -2.06. The van der Waals surface area contributed by atoms with Gasteiger partial charge in [0.05, 0.1) is 5.39 Å². The third kappa shape index (κ3) is 1.21. The lowest BCUT2D eigenvalue weighted by molar-refractivity contribution is -0.589. The Morgan fingerprint density at radius 3 is 2.92 bits per heavy atom. The van der Waals surface area contributed by atoms with E-state index in [-0.39, 0.29) is 6.54 Å². The summed E-state index contributed by atoms with van der Waals surface area (Å²) in [5.74, 6) is 0.346. The lowest BCUT2D eigenvalue weighted by atomic mass is 10.2. The summed E-state index contributed by atoms with van der Waals surface area (Å²) in [5.41, 5.74) is 5.97.